The van der Waals surface area contributed by atoms with Crippen LogP contribution in [0.1, 0.15) is 22.6 Å². The summed E-state index contributed by atoms with van der Waals surface area (Å²) in [4.78, 5) is 16.1. The first-order valence-corrected chi connectivity index (χ1v) is 5.66. The van der Waals surface area contributed by atoms with Gasteiger partial charge in [0.15, 0.2) is 0 Å². The van der Waals surface area contributed by atoms with Crippen molar-refractivity contribution in [2.75, 3.05) is 13.2 Å². The Bertz CT molecular complexity index is 580. The maximum absolute atomic E-state index is 13.2. The van der Waals surface area contributed by atoms with Crippen LogP contribution >= 0.6 is 0 Å². The fourth-order valence-electron chi connectivity index (χ4n) is 1.77. The highest BCUT2D eigenvalue weighted by molar-refractivity contribution is 5.94. The van der Waals surface area contributed by atoms with Gasteiger partial charge in [-0.05, 0) is 25.5 Å². The predicted octanol–water partition coefficient (Wildman–Crippen LogP) is 0.894. The van der Waals surface area contributed by atoms with Crippen LogP contribution in [0.5, 0.6) is 0 Å². The minimum Gasteiger partial charge on any atom is -0.396 e. The molecule has 0 radical (unpaired) electrons. The number of imidazole rings is 1. The highest BCUT2D eigenvalue weighted by atomic mass is 19.1. The number of fused-ring (bicyclic) bond motifs is 1. The van der Waals surface area contributed by atoms with Crippen molar-refractivity contribution in [1.82, 2.24) is 14.7 Å². The van der Waals surface area contributed by atoms with E-state index in [9.17, 15) is 9.18 Å². The van der Waals surface area contributed by atoms with Crippen LogP contribution in [0.2, 0.25) is 0 Å². The number of hydrogen-bond donors (Lipinski definition) is 2. The number of pyridine rings is 1. The van der Waals surface area contributed by atoms with E-state index in [1.807, 2.05) is 0 Å². The monoisotopic (exact) mass is 251 g/mol. The van der Waals surface area contributed by atoms with E-state index in [2.05, 4.69) is 10.3 Å². The number of amides is 1. The van der Waals surface area contributed by atoms with Crippen molar-refractivity contribution in [2.45, 2.75) is 13.3 Å². The number of nitrogens with one attached hydrogen (secondary N) is 1. The molecule has 0 saturated heterocycles. The number of hydrogen-bond acceptors (Lipinski definition) is 3. The van der Waals surface area contributed by atoms with E-state index < -0.39 is 5.82 Å². The van der Waals surface area contributed by atoms with E-state index in [0.29, 0.717) is 30.0 Å². The summed E-state index contributed by atoms with van der Waals surface area (Å²) in [6, 6.07) is 2.82. The summed E-state index contributed by atoms with van der Waals surface area (Å²) < 4.78 is 14.6. The standard InChI is InChI=1S/C12H14FN3O2/c1-8-11(12(18)14-5-2-6-17)16-7-9(13)3-4-10(16)15-8/h3-4,7,17H,2,5-6H2,1H3,(H,14,18). The van der Waals surface area contributed by atoms with Gasteiger partial charge in [0.05, 0.1) is 5.69 Å². The summed E-state index contributed by atoms with van der Waals surface area (Å²) in [7, 11) is 0. The molecule has 0 aliphatic heterocycles. The Hall–Kier alpha value is -1.95. The molecule has 0 spiro atoms. The third kappa shape index (κ3) is 2.33. The minimum absolute atomic E-state index is 0.0149. The smallest absolute Gasteiger partial charge is 0.270 e. The second-order valence-corrected chi connectivity index (χ2v) is 3.95. The van der Waals surface area contributed by atoms with Gasteiger partial charge in [0, 0.05) is 19.3 Å². The Labute approximate surface area is 103 Å². The fraction of sp³-hybridized carbons (Fsp3) is 0.333. The van der Waals surface area contributed by atoms with Crippen molar-refractivity contribution in [3.63, 3.8) is 0 Å². The summed E-state index contributed by atoms with van der Waals surface area (Å²) >= 11 is 0. The molecular weight excluding hydrogens is 237 g/mol. The molecule has 0 unspecified atom stereocenters. The Kier molecular flexibility index (Phi) is 3.57. The number of aliphatic hydroxyl groups excluding tert-OH is 1. The SMILES string of the molecule is Cc1nc2ccc(F)cn2c1C(=O)NCCCO. The van der Waals surface area contributed by atoms with Crippen LogP contribution in [0.15, 0.2) is 18.3 Å². The van der Waals surface area contributed by atoms with Gasteiger partial charge in [-0.2, -0.15) is 0 Å². The average Bonchev–Trinajstić information content (AvgIpc) is 2.64. The molecule has 0 aliphatic rings. The Morgan fingerprint density at radius 3 is 3.06 bits per heavy atom. The first kappa shape index (κ1) is 12.5. The normalized spacial score (nSPS) is 10.8. The lowest BCUT2D eigenvalue weighted by Crippen LogP contribution is -2.27. The van der Waals surface area contributed by atoms with Crippen molar-refractivity contribution in [1.29, 1.82) is 0 Å². The molecule has 2 rings (SSSR count). The molecule has 2 N–H and O–H groups in total. The summed E-state index contributed by atoms with van der Waals surface area (Å²) in [5.74, 6) is -0.747. The topological polar surface area (TPSA) is 66.6 Å². The lowest BCUT2D eigenvalue weighted by molar-refractivity contribution is 0.0944. The summed E-state index contributed by atoms with van der Waals surface area (Å²) in [5, 5.41) is 11.3. The highest BCUT2D eigenvalue weighted by Crippen LogP contribution is 2.13. The largest absolute Gasteiger partial charge is 0.396 e. The molecular formula is C12H14FN3O2. The number of aryl methyl sites for hydroxylation is 1. The van der Waals surface area contributed by atoms with Crippen molar-refractivity contribution >= 4 is 11.6 Å². The first-order chi connectivity index (χ1) is 8.63. The molecule has 2 heterocycles. The Morgan fingerprint density at radius 1 is 1.56 bits per heavy atom. The van der Waals surface area contributed by atoms with E-state index in [4.69, 9.17) is 5.11 Å². The Balaban J connectivity index is 2.34. The van der Waals surface area contributed by atoms with Gasteiger partial charge < -0.3 is 10.4 Å². The zero-order valence-corrected chi connectivity index (χ0v) is 9.98. The molecule has 0 aromatic carbocycles. The van der Waals surface area contributed by atoms with Gasteiger partial charge in [-0.1, -0.05) is 0 Å². The van der Waals surface area contributed by atoms with Gasteiger partial charge in [-0.25, -0.2) is 9.37 Å². The number of aliphatic hydroxyl groups is 1. The number of halogens is 1. The molecule has 5 nitrogen and oxygen atoms in total. The first-order valence-electron chi connectivity index (χ1n) is 5.66. The molecule has 0 atom stereocenters. The number of aromatic nitrogens is 2. The molecule has 2 aromatic heterocycles. The van der Waals surface area contributed by atoms with Crippen LogP contribution in [0, 0.1) is 12.7 Å². The maximum atomic E-state index is 13.2. The second-order valence-electron chi connectivity index (χ2n) is 3.95. The van der Waals surface area contributed by atoms with Crippen LogP contribution in [0.25, 0.3) is 5.65 Å². The zero-order valence-electron chi connectivity index (χ0n) is 9.98. The number of rotatable bonds is 4. The van der Waals surface area contributed by atoms with Gasteiger partial charge in [0.25, 0.3) is 5.91 Å². The minimum atomic E-state index is -0.427. The van der Waals surface area contributed by atoms with Crippen molar-refractivity contribution in [3.8, 4) is 0 Å². The molecule has 0 bridgehead atoms. The second kappa shape index (κ2) is 5.14. The molecule has 0 aliphatic carbocycles. The third-order valence-electron chi connectivity index (χ3n) is 2.59. The quantitative estimate of drug-likeness (QED) is 0.793. The van der Waals surface area contributed by atoms with Gasteiger partial charge in [0.2, 0.25) is 0 Å². The van der Waals surface area contributed by atoms with E-state index in [1.165, 1.54) is 22.7 Å². The van der Waals surface area contributed by atoms with Gasteiger partial charge in [-0.15, -0.1) is 0 Å². The zero-order chi connectivity index (χ0) is 13.1. The van der Waals surface area contributed by atoms with Crippen molar-refractivity contribution < 1.29 is 14.3 Å². The number of carbonyl (C=O) groups is 1. The van der Waals surface area contributed by atoms with Crippen molar-refractivity contribution in [3.05, 3.63) is 35.5 Å². The summed E-state index contributed by atoms with van der Waals surface area (Å²) in [5.41, 5.74) is 1.39. The molecule has 1 amide bonds. The molecule has 96 valence electrons. The summed E-state index contributed by atoms with van der Waals surface area (Å²) in [6.07, 6.45) is 1.71. The third-order valence-corrected chi connectivity index (χ3v) is 2.59. The fourth-order valence-corrected chi connectivity index (χ4v) is 1.77. The molecule has 0 fully saturated rings. The van der Waals surface area contributed by atoms with Gasteiger partial charge in [-0.3, -0.25) is 9.20 Å². The van der Waals surface area contributed by atoms with Crippen LogP contribution in [0.3, 0.4) is 0 Å². The van der Waals surface area contributed by atoms with Crippen molar-refractivity contribution in [2.24, 2.45) is 0 Å². The molecule has 6 heteroatoms. The molecule has 2 aromatic rings. The van der Waals surface area contributed by atoms with Gasteiger partial charge in [0.1, 0.15) is 17.2 Å². The molecule has 0 saturated carbocycles. The predicted molar refractivity (Wildman–Crippen MR) is 63.9 cm³/mol. The summed E-state index contributed by atoms with van der Waals surface area (Å²) in [6.45, 7) is 2.09. The van der Waals surface area contributed by atoms with Crippen LogP contribution < -0.4 is 5.32 Å². The highest BCUT2D eigenvalue weighted by Gasteiger charge is 2.16. The van der Waals surface area contributed by atoms with E-state index in [1.54, 1.807) is 6.92 Å². The van der Waals surface area contributed by atoms with Crippen LogP contribution in [0.4, 0.5) is 4.39 Å². The van der Waals surface area contributed by atoms with E-state index in [-0.39, 0.29) is 12.5 Å². The lowest BCUT2D eigenvalue weighted by atomic mass is 10.3. The number of nitrogens with zero attached hydrogens (tertiary/aromatic N) is 2. The lowest BCUT2D eigenvalue weighted by Gasteiger charge is -2.05. The van der Waals surface area contributed by atoms with Crippen LogP contribution in [-0.4, -0.2) is 33.6 Å². The van der Waals surface area contributed by atoms with E-state index >= 15 is 0 Å². The van der Waals surface area contributed by atoms with E-state index in [0.717, 1.165) is 0 Å². The number of carbonyl (C=O) groups excluding carboxylic acids is 1. The Morgan fingerprint density at radius 2 is 2.33 bits per heavy atom. The van der Waals surface area contributed by atoms with Crippen LogP contribution in [-0.2, 0) is 0 Å². The molecule has 18 heavy (non-hydrogen) atoms. The van der Waals surface area contributed by atoms with Gasteiger partial charge >= 0.3 is 0 Å². The maximum Gasteiger partial charge on any atom is 0.270 e. The average molecular weight is 251 g/mol.